The van der Waals surface area contributed by atoms with Crippen LogP contribution in [0.25, 0.3) is 11.1 Å². The van der Waals surface area contributed by atoms with Crippen LogP contribution in [-0.2, 0) is 11.3 Å². The molecule has 3 aliphatic rings. The molecule has 0 unspecified atom stereocenters. The number of piperidine rings is 1. The fourth-order valence-corrected chi connectivity index (χ4v) is 6.24. The second-order valence-corrected chi connectivity index (χ2v) is 10.5. The molecular formula is C26H24Cl2FN3O3. The summed E-state index contributed by atoms with van der Waals surface area (Å²) in [6.45, 7) is 1.05. The van der Waals surface area contributed by atoms with Crippen molar-refractivity contribution in [2.45, 2.75) is 50.5 Å². The van der Waals surface area contributed by atoms with Gasteiger partial charge in [0.25, 0.3) is 0 Å². The lowest BCUT2D eigenvalue weighted by molar-refractivity contribution is -0.0473. The maximum atomic E-state index is 14.1. The first-order valence-corrected chi connectivity index (χ1v) is 12.6. The van der Waals surface area contributed by atoms with Gasteiger partial charge in [0.1, 0.15) is 11.5 Å². The van der Waals surface area contributed by atoms with Gasteiger partial charge in [-0.05, 0) is 68.4 Å². The molecule has 6 nitrogen and oxygen atoms in total. The number of anilines is 1. The third-order valence-electron chi connectivity index (χ3n) is 7.48. The number of nitrogens with zero attached hydrogens (tertiary/aromatic N) is 3. The van der Waals surface area contributed by atoms with E-state index in [1.807, 2.05) is 29.1 Å². The number of benzene rings is 2. The molecule has 0 spiro atoms. The number of aromatic nitrogens is 2. The highest BCUT2D eigenvalue weighted by Crippen LogP contribution is 2.50. The van der Waals surface area contributed by atoms with E-state index in [1.54, 1.807) is 6.07 Å². The van der Waals surface area contributed by atoms with E-state index < -0.39 is 17.5 Å². The maximum Gasteiger partial charge on any atom is 0.338 e. The molecule has 2 aromatic carbocycles. The van der Waals surface area contributed by atoms with Gasteiger partial charge in [-0.15, -0.1) is 0 Å². The number of aromatic carboxylic acids is 1. The number of carboxylic acid groups (broad SMARTS) is 1. The molecule has 2 saturated carbocycles. The summed E-state index contributed by atoms with van der Waals surface area (Å²) in [5.74, 6) is -1.58. The molecule has 1 aromatic heterocycles. The van der Waals surface area contributed by atoms with Gasteiger partial charge in [-0.2, -0.15) is 5.10 Å². The van der Waals surface area contributed by atoms with Crippen molar-refractivity contribution in [2.24, 2.45) is 5.92 Å². The number of hydrogen-bond acceptors (Lipinski definition) is 4. The van der Waals surface area contributed by atoms with Crippen molar-refractivity contribution in [1.82, 2.24) is 9.78 Å². The molecule has 3 aromatic rings. The first-order valence-electron chi connectivity index (χ1n) is 11.8. The average Bonchev–Trinajstić information content (AvgIpc) is 3.31. The standard InChI is InChI=1S/C26H24Cl2FN3O3/c27-20-2-1-3-21(28)24(20)19-12-30-32(16-4-5-16)23(19)14-35-26-9-8-15(11-26)13-31(26)17-6-7-22(29)18(10-17)25(33)34/h1-3,6-7,10,12,15-16H,4-5,8-9,11,13-14H2,(H,33,34)/t15-,26-/m0/s1. The zero-order valence-electron chi connectivity index (χ0n) is 18.9. The summed E-state index contributed by atoms with van der Waals surface area (Å²) in [5.41, 5.74) is 2.28. The van der Waals surface area contributed by atoms with Crippen molar-refractivity contribution >= 4 is 34.9 Å². The number of carboxylic acids is 1. The van der Waals surface area contributed by atoms with E-state index in [0.29, 0.717) is 34.3 Å². The van der Waals surface area contributed by atoms with Crippen LogP contribution in [0.15, 0.2) is 42.6 Å². The van der Waals surface area contributed by atoms with Crippen LogP contribution in [-0.4, -0.2) is 33.1 Å². The zero-order valence-corrected chi connectivity index (χ0v) is 20.4. The van der Waals surface area contributed by atoms with Gasteiger partial charge in [0.05, 0.1) is 40.1 Å². The summed E-state index contributed by atoms with van der Waals surface area (Å²) in [7, 11) is 0. The van der Waals surface area contributed by atoms with Gasteiger partial charge in [-0.25, -0.2) is 9.18 Å². The lowest BCUT2D eigenvalue weighted by atomic mass is 10.1. The Morgan fingerprint density at radius 2 is 1.97 bits per heavy atom. The van der Waals surface area contributed by atoms with E-state index in [4.69, 9.17) is 27.9 Å². The fourth-order valence-electron chi connectivity index (χ4n) is 5.64. The second kappa shape index (κ2) is 8.50. The monoisotopic (exact) mass is 515 g/mol. The predicted molar refractivity (Wildman–Crippen MR) is 132 cm³/mol. The summed E-state index contributed by atoms with van der Waals surface area (Å²) in [4.78, 5) is 13.6. The van der Waals surface area contributed by atoms with E-state index in [0.717, 1.165) is 55.5 Å². The number of ether oxygens (including phenoxy) is 1. The summed E-state index contributed by atoms with van der Waals surface area (Å²) in [5, 5.41) is 15.2. The Balaban J connectivity index is 1.34. The van der Waals surface area contributed by atoms with Crippen LogP contribution in [0.3, 0.4) is 0 Å². The third kappa shape index (κ3) is 3.90. The Kier molecular flexibility index (Phi) is 5.55. The molecule has 2 bridgehead atoms. The molecule has 0 amide bonds. The maximum absolute atomic E-state index is 14.1. The highest BCUT2D eigenvalue weighted by atomic mass is 35.5. The minimum absolute atomic E-state index is 0.309. The average molecular weight is 516 g/mol. The lowest BCUT2D eigenvalue weighted by Crippen LogP contribution is -2.47. The molecule has 2 aliphatic carbocycles. The summed E-state index contributed by atoms with van der Waals surface area (Å²) >= 11 is 13.1. The summed E-state index contributed by atoms with van der Waals surface area (Å²) in [6, 6.07) is 10.1. The molecule has 1 saturated heterocycles. The number of halogens is 3. The fraction of sp³-hybridized carbons (Fsp3) is 0.385. The number of carbonyl (C=O) groups is 1. The SMILES string of the molecule is O=C(O)c1cc(N2C[C@H]3CC[C@]2(OCc2c(-c4c(Cl)cccc4Cl)cnn2C2CC2)C3)ccc1F. The topological polar surface area (TPSA) is 67.6 Å². The highest BCUT2D eigenvalue weighted by Gasteiger charge is 2.52. The van der Waals surface area contributed by atoms with Gasteiger partial charge in [0.15, 0.2) is 0 Å². The van der Waals surface area contributed by atoms with E-state index >= 15 is 0 Å². The van der Waals surface area contributed by atoms with E-state index in [-0.39, 0.29) is 5.56 Å². The van der Waals surface area contributed by atoms with Gasteiger partial charge >= 0.3 is 5.97 Å². The number of hydrogen-bond donors (Lipinski definition) is 1. The largest absolute Gasteiger partial charge is 0.478 e. The Labute approximate surface area is 212 Å². The molecule has 3 fully saturated rings. The predicted octanol–water partition coefficient (Wildman–Crippen LogP) is 6.56. The molecule has 9 heteroatoms. The van der Waals surface area contributed by atoms with Crippen LogP contribution >= 0.6 is 23.2 Å². The zero-order chi connectivity index (χ0) is 24.3. The van der Waals surface area contributed by atoms with Gasteiger partial charge < -0.3 is 14.7 Å². The molecule has 1 N–H and O–H groups in total. The molecule has 6 rings (SSSR count). The minimum atomic E-state index is -1.28. The van der Waals surface area contributed by atoms with Crippen molar-refractivity contribution in [3.05, 3.63) is 69.7 Å². The molecule has 2 heterocycles. The first-order chi connectivity index (χ1) is 16.9. The Hall–Kier alpha value is -2.61. The molecule has 182 valence electrons. The van der Waals surface area contributed by atoms with Crippen LogP contribution < -0.4 is 4.90 Å². The molecule has 0 radical (unpaired) electrons. The van der Waals surface area contributed by atoms with E-state index in [1.165, 1.54) is 12.1 Å². The lowest BCUT2D eigenvalue weighted by Gasteiger charge is -2.40. The van der Waals surface area contributed by atoms with Crippen LogP contribution in [0, 0.1) is 11.7 Å². The normalized spacial score (nSPS) is 23.3. The van der Waals surface area contributed by atoms with Crippen LogP contribution in [0.2, 0.25) is 10.0 Å². The summed E-state index contributed by atoms with van der Waals surface area (Å²) < 4.78 is 22.8. The number of rotatable bonds is 7. The molecule has 1 aliphatic heterocycles. The Morgan fingerprint density at radius 1 is 1.20 bits per heavy atom. The third-order valence-corrected chi connectivity index (χ3v) is 8.11. The second-order valence-electron chi connectivity index (χ2n) is 9.70. The molecule has 2 atom stereocenters. The minimum Gasteiger partial charge on any atom is -0.478 e. The van der Waals surface area contributed by atoms with Crippen LogP contribution in [0.4, 0.5) is 10.1 Å². The molecular weight excluding hydrogens is 492 g/mol. The van der Waals surface area contributed by atoms with Gasteiger partial charge in [0.2, 0.25) is 0 Å². The van der Waals surface area contributed by atoms with E-state index in [2.05, 4.69) is 10.00 Å². The van der Waals surface area contributed by atoms with Crippen molar-refractivity contribution in [3.8, 4) is 11.1 Å². The van der Waals surface area contributed by atoms with Crippen molar-refractivity contribution < 1.29 is 19.0 Å². The molecule has 35 heavy (non-hydrogen) atoms. The summed E-state index contributed by atoms with van der Waals surface area (Å²) in [6.07, 6.45) is 6.64. The Morgan fingerprint density at radius 3 is 2.66 bits per heavy atom. The van der Waals surface area contributed by atoms with Gasteiger partial charge in [0, 0.05) is 23.4 Å². The van der Waals surface area contributed by atoms with Gasteiger partial charge in [-0.1, -0.05) is 29.3 Å². The highest BCUT2D eigenvalue weighted by molar-refractivity contribution is 6.39. The van der Waals surface area contributed by atoms with E-state index in [9.17, 15) is 14.3 Å². The number of fused-ring (bicyclic) bond motifs is 2. The van der Waals surface area contributed by atoms with Crippen molar-refractivity contribution in [1.29, 1.82) is 0 Å². The smallest absolute Gasteiger partial charge is 0.338 e. The first kappa shape index (κ1) is 22.8. The van der Waals surface area contributed by atoms with Crippen molar-refractivity contribution in [3.63, 3.8) is 0 Å². The van der Waals surface area contributed by atoms with Crippen LogP contribution in [0.1, 0.15) is 54.2 Å². The Bertz CT molecular complexity index is 1300. The van der Waals surface area contributed by atoms with Gasteiger partial charge in [-0.3, -0.25) is 4.68 Å². The van der Waals surface area contributed by atoms with Crippen molar-refractivity contribution in [2.75, 3.05) is 11.4 Å². The quantitative estimate of drug-likeness (QED) is 0.385. The van der Waals surface area contributed by atoms with Crippen LogP contribution in [0.5, 0.6) is 0 Å².